The summed E-state index contributed by atoms with van der Waals surface area (Å²) in [6.07, 6.45) is 7.44. The van der Waals surface area contributed by atoms with E-state index in [9.17, 15) is 9.59 Å². The highest BCUT2D eigenvalue weighted by Crippen LogP contribution is 2.07. The molecule has 0 saturated carbocycles. The molecule has 0 aliphatic rings. The van der Waals surface area contributed by atoms with E-state index in [1.54, 1.807) is 45.7 Å². The molecule has 2 aromatic rings. The summed E-state index contributed by atoms with van der Waals surface area (Å²) in [6, 6.07) is -1.07. The van der Waals surface area contributed by atoms with Gasteiger partial charge in [0.1, 0.15) is 11.6 Å². The van der Waals surface area contributed by atoms with Crippen molar-refractivity contribution in [3.8, 4) is 0 Å². The molecule has 0 aliphatic carbocycles. The molecule has 126 valence electrons. The minimum absolute atomic E-state index is 0.0953. The Morgan fingerprint density at radius 1 is 1.35 bits per heavy atom. The van der Waals surface area contributed by atoms with Crippen LogP contribution in [0.3, 0.4) is 0 Å². The largest absolute Gasteiger partial charge is 0.480 e. The average molecular weight is 323 g/mol. The van der Waals surface area contributed by atoms with Gasteiger partial charge in [0.05, 0.1) is 18.3 Å². The maximum atomic E-state index is 11.5. The van der Waals surface area contributed by atoms with Crippen molar-refractivity contribution in [1.82, 2.24) is 25.3 Å². The van der Waals surface area contributed by atoms with Gasteiger partial charge in [-0.1, -0.05) is 0 Å². The first-order valence-electron chi connectivity index (χ1n) is 6.90. The number of ether oxygens (including phenoxy) is 1. The van der Waals surface area contributed by atoms with Crippen LogP contribution in [0.5, 0.6) is 0 Å². The molecule has 0 aromatic carbocycles. The molecule has 2 rings (SSSR count). The second-order valence-corrected chi connectivity index (χ2v) is 5.56. The van der Waals surface area contributed by atoms with Crippen molar-refractivity contribution >= 4 is 12.1 Å². The third kappa shape index (κ3) is 8.24. The zero-order valence-corrected chi connectivity index (χ0v) is 13.2. The number of hydrogen-bond acceptors (Lipinski definition) is 5. The SMILES string of the molecule is CC(C)(C)OC(=O)N[C@@H](Cc1c[nH]cn1)C(=O)O.c1c[nH]cn1. The van der Waals surface area contributed by atoms with Crippen LogP contribution in [0.2, 0.25) is 0 Å². The van der Waals surface area contributed by atoms with Crippen molar-refractivity contribution in [2.24, 2.45) is 0 Å². The standard InChI is InChI=1S/C11H17N3O4.C3H4N2/c1-11(2,3)18-10(17)14-8(9(15)16)4-7-5-12-6-13-7;1-2-5-3-4-1/h5-6,8H,4H2,1-3H3,(H,12,13)(H,14,17)(H,15,16);1-3H,(H,4,5)/t8-;/m0./s1. The van der Waals surface area contributed by atoms with Gasteiger partial charge in [-0.05, 0) is 20.8 Å². The second kappa shape index (κ2) is 8.57. The molecule has 2 aromatic heterocycles. The Morgan fingerprint density at radius 2 is 2.09 bits per heavy atom. The van der Waals surface area contributed by atoms with Gasteiger partial charge in [-0.25, -0.2) is 19.6 Å². The summed E-state index contributed by atoms with van der Waals surface area (Å²) in [5.41, 5.74) is -0.113. The van der Waals surface area contributed by atoms with Crippen molar-refractivity contribution in [1.29, 1.82) is 0 Å². The van der Waals surface area contributed by atoms with Gasteiger partial charge >= 0.3 is 12.1 Å². The topological polar surface area (TPSA) is 133 Å². The summed E-state index contributed by atoms with van der Waals surface area (Å²) in [5, 5.41) is 11.3. The Morgan fingerprint density at radius 3 is 2.48 bits per heavy atom. The molecule has 23 heavy (non-hydrogen) atoms. The molecule has 0 radical (unpaired) electrons. The molecule has 9 nitrogen and oxygen atoms in total. The van der Waals surface area contributed by atoms with E-state index in [0.717, 1.165) is 0 Å². The van der Waals surface area contributed by atoms with Crippen molar-refractivity contribution in [3.63, 3.8) is 0 Å². The van der Waals surface area contributed by atoms with Crippen molar-refractivity contribution in [2.45, 2.75) is 38.8 Å². The van der Waals surface area contributed by atoms with E-state index in [1.807, 2.05) is 0 Å². The Balaban J connectivity index is 0.000000446. The molecule has 0 saturated heterocycles. The van der Waals surface area contributed by atoms with Gasteiger partial charge < -0.3 is 25.1 Å². The predicted octanol–water partition coefficient (Wildman–Crippen LogP) is 1.34. The van der Waals surface area contributed by atoms with Gasteiger partial charge in [-0.15, -0.1) is 0 Å². The summed E-state index contributed by atoms with van der Waals surface area (Å²) < 4.78 is 5.00. The van der Waals surface area contributed by atoms with Gasteiger partial charge in [0.2, 0.25) is 0 Å². The number of rotatable bonds is 4. The number of aromatic nitrogens is 4. The highest BCUT2D eigenvalue weighted by molar-refractivity contribution is 5.80. The first kappa shape index (κ1) is 18.2. The Bertz CT molecular complexity index is 558. The lowest BCUT2D eigenvalue weighted by molar-refractivity contribution is -0.139. The fourth-order valence-corrected chi connectivity index (χ4v) is 1.48. The number of carbonyl (C=O) groups excluding carboxylic acids is 1. The third-order valence-corrected chi connectivity index (χ3v) is 2.36. The van der Waals surface area contributed by atoms with Crippen molar-refractivity contribution in [2.75, 3.05) is 0 Å². The Hall–Kier alpha value is -2.84. The van der Waals surface area contributed by atoms with E-state index in [2.05, 4.69) is 25.3 Å². The van der Waals surface area contributed by atoms with Gasteiger partial charge in [0.25, 0.3) is 0 Å². The van der Waals surface area contributed by atoms with Gasteiger partial charge in [0, 0.05) is 25.0 Å². The zero-order valence-electron chi connectivity index (χ0n) is 13.2. The van der Waals surface area contributed by atoms with E-state index in [0.29, 0.717) is 5.69 Å². The normalized spacial score (nSPS) is 11.8. The quantitative estimate of drug-likeness (QED) is 0.671. The van der Waals surface area contributed by atoms with Crippen LogP contribution in [0.1, 0.15) is 26.5 Å². The summed E-state index contributed by atoms with van der Waals surface area (Å²) in [4.78, 5) is 35.5. The molecule has 2 heterocycles. The van der Waals surface area contributed by atoms with E-state index in [-0.39, 0.29) is 6.42 Å². The maximum Gasteiger partial charge on any atom is 0.408 e. The van der Waals surface area contributed by atoms with Crippen LogP contribution in [-0.2, 0) is 16.0 Å². The fraction of sp³-hybridized carbons (Fsp3) is 0.429. The lowest BCUT2D eigenvalue weighted by Gasteiger charge is -2.21. The first-order chi connectivity index (χ1) is 10.8. The van der Waals surface area contributed by atoms with E-state index < -0.39 is 23.7 Å². The minimum Gasteiger partial charge on any atom is -0.480 e. The zero-order chi connectivity index (χ0) is 17.3. The lowest BCUT2D eigenvalue weighted by atomic mass is 10.1. The maximum absolute atomic E-state index is 11.5. The fourth-order valence-electron chi connectivity index (χ4n) is 1.48. The highest BCUT2D eigenvalue weighted by Gasteiger charge is 2.24. The number of alkyl carbamates (subject to hydrolysis) is 1. The van der Waals surface area contributed by atoms with Gasteiger partial charge in [0.15, 0.2) is 0 Å². The number of imidazole rings is 2. The first-order valence-corrected chi connectivity index (χ1v) is 6.90. The molecular weight excluding hydrogens is 302 g/mol. The number of nitrogens with zero attached hydrogens (tertiary/aromatic N) is 2. The lowest BCUT2D eigenvalue weighted by Crippen LogP contribution is -2.44. The molecule has 1 amide bonds. The number of carbonyl (C=O) groups is 2. The van der Waals surface area contributed by atoms with Crippen molar-refractivity contribution < 1.29 is 19.4 Å². The van der Waals surface area contributed by atoms with Crippen LogP contribution in [0, 0.1) is 0 Å². The molecule has 0 unspecified atom stereocenters. The molecule has 4 N–H and O–H groups in total. The number of aliphatic carboxylic acids is 1. The van der Waals surface area contributed by atoms with Crippen LogP contribution >= 0.6 is 0 Å². The van der Waals surface area contributed by atoms with Crippen LogP contribution < -0.4 is 5.32 Å². The van der Waals surface area contributed by atoms with Gasteiger partial charge in [-0.2, -0.15) is 0 Å². The molecule has 0 aliphatic heterocycles. The predicted molar refractivity (Wildman–Crippen MR) is 81.7 cm³/mol. The number of hydrogen-bond donors (Lipinski definition) is 4. The Labute approximate surface area is 133 Å². The number of aromatic amines is 2. The van der Waals surface area contributed by atoms with Crippen LogP contribution in [-0.4, -0.2) is 48.7 Å². The summed E-state index contributed by atoms with van der Waals surface area (Å²) in [5.74, 6) is -1.14. The van der Waals surface area contributed by atoms with E-state index in [1.165, 1.54) is 6.33 Å². The number of amides is 1. The summed E-state index contributed by atoms with van der Waals surface area (Å²) >= 11 is 0. The number of nitrogens with one attached hydrogen (secondary N) is 3. The average Bonchev–Trinajstić information content (AvgIpc) is 3.11. The van der Waals surface area contributed by atoms with Crippen molar-refractivity contribution in [3.05, 3.63) is 36.9 Å². The second-order valence-electron chi connectivity index (χ2n) is 5.56. The number of H-pyrrole nitrogens is 2. The summed E-state index contributed by atoms with van der Waals surface area (Å²) in [7, 11) is 0. The molecule has 0 spiro atoms. The number of carboxylic acid groups (broad SMARTS) is 1. The van der Waals surface area contributed by atoms with Crippen LogP contribution in [0.25, 0.3) is 0 Å². The minimum atomic E-state index is -1.14. The molecule has 9 heteroatoms. The van der Waals surface area contributed by atoms with E-state index >= 15 is 0 Å². The smallest absolute Gasteiger partial charge is 0.408 e. The molecule has 0 fully saturated rings. The van der Waals surface area contributed by atoms with Crippen LogP contribution in [0.4, 0.5) is 4.79 Å². The molecule has 0 bridgehead atoms. The Kier molecular flexibility index (Phi) is 6.78. The van der Waals surface area contributed by atoms with E-state index in [4.69, 9.17) is 9.84 Å². The third-order valence-electron chi connectivity index (χ3n) is 2.36. The monoisotopic (exact) mass is 323 g/mol. The highest BCUT2D eigenvalue weighted by atomic mass is 16.6. The summed E-state index contributed by atoms with van der Waals surface area (Å²) in [6.45, 7) is 5.11. The number of carboxylic acids is 1. The molecular formula is C14H21N5O4. The van der Waals surface area contributed by atoms with Gasteiger partial charge in [-0.3, -0.25) is 0 Å². The molecule has 1 atom stereocenters. The van der Waals surface area contributed by atoms with Crippen LogP contribution in [0.15, 0.2) is 31.2 Å².